The molecule has 2 N–H and O–H groups in total. The quantitative estimate of drug-likeness (QED) is 0.467. The van der Waals surface area contributed by atoms with Gasteiger partial charge in [0, 0.05) is 18.7 Å². The molecule has 0 fully saturated rings. The Morgan fingerprint density at radius 3 is 2.48 bits per heavy atom. The Balaban J connectivity index is 1.56. The number of hydrogen-bond acceptors (Lipinski definition) is 2. The second kappa shape index (κ2) is 11.8. The van der Waals surface area contributed by atoms with Gasteiger partial charge in [0.05, 0.1) is 25.5 Å². The number of nitrogens with zero attached hydrogens (tertiary/aromatic N) is 1. The lowest BCUT2D eigenvalue weighted by Crippen LogP contribution is -3.12. The summed E-state index contributed by atoms with van der Waals surface area (Å²) in [5.74, 6) is 0.302. The minimum atomic E-state index is -0.524. The Kier molecular flexibility index (Phi) is 8.83. The Morgan fingerprint density at radius 1 is 0.968 bits per heavy atom. The summed E-state index contributed by atoms with van der Waals surface area (Å²) in [5, 5.41) is 10.6. The molecule has 0 spiro atoms. The summed E-state index contributed by atoms with van der Waals surface area (Å²) in [4.78, 5) is 1.31. The number of hydrogen-bond donors (Lipinski definition) is 2. The molecule has 0 saturated carbocycles. The molecular weight excluding hydrogens is 391 g/mol. The van der Waals surface area contributed by atoms with Gasteiger partial charge >= 0.3 is 0 Å². The number of nitrogens with one attached hydrogen (secondary N) is 1. The number of aliphatic hydroxyl groups is 1. The van der Waals surface area contributed by atoms with Crippen molar-refractivity contribution in [2.45, 2.75) is 39.6 Å². The van der Waals surface area contributed by atoms with Gasteiger partial charge in [-0.05, 0) is 35.4 Å². The van der Waals surface area contributed by atoms with E-state index >= 15 is 0 Å². The molecule has 2 atom stereocenters. The van der Waals surface area contributed by atoms with Crippen LogP contribution in [0.4, 0.5) is 4.39 Å². The zero-order valence-electron chi connectivity index (χ0n) is 18.5. The van der Waals surface area contributed by atoms with Crippen LogP contribution in [0, 0.1) is 11.7 Å². The second-order valence-electron chi connectivity index (χ2n) is 8.64. The van der Waals surface area contributed by atoms with Crippen molar-refractivity contribution in [3.8, 4) is 0 Å². The lowest BCUT2D eigenvalue weighted by molar-refractivity contribution is -0.920. The van der Waals surface area contributed by atoms with Crippen LogP contribution in [0.3, 0.4) is 0 Å². The van der Waals surface area contributed by atoms with E-state index in [2.05, 4.69) is 24.5 Å². The van der Waals surface area contributed by atoms with E-state index in [1.165, 1.54) is 16.7 Å². The van der Waals surface area contributed by atoms with E-state index in [0.717, 1.165) is 24.2 Å². The topological polar surface area (TPSA) is 38.8 Å². The average molecular weight is 426 g/mol. The van der Waals surface area contributed by atoms with Crippen LogP contribution in [0.1, 0.15) is 30.7 Å². The van der Waals surface area contributed by atoms with Gasteiger partial charge in [0.2, 0.25) is 0 Å². The highest BCUT2D eigenvalue weighted by atomic mass is 19.1. The Labute approximate surface area is 184 Å². The van der Waals surface area contributed by atoms with Gasteiger partial charge in [-0.3, -0.25) is 0 Å². The van der Waals surface area contributed by atoms with Crippen LogP contribution in [-0.4, -0.2) is 35.5 Å². The molecule has 0 aliphatic heterocycles. The third-order valence-electron chi connectivity index (χ3n) is 5.24. The molecule has 31 heavy (non-hydrogen) atoms. The summed E-state index contributed by atoms with van der Waals surface area (Å²) in [6, 6.07) is 20.9. The highest BCUT2D eigenvalue weighted by Gasteiger charge is 2.19. The summed E-state index contributed by atoms with van der Waals surface area (Å²) in [7, 11) is 0. The van der Waals surface area contributed by atoms with Crippen LogP contribution >= 0.6 is 0 Å². The molecule has 3 aromatic rings. The van der Waals surface area contributed by atoms with Gasteiger partial charge in [-0.1, -0.05) is 56.3 Å². The molecule has 2 aromatic carbocycles. The van der Waals surface area contributed by atoms with Crippen molar-refractivity contribution in [1.29, 1.82) is 0 Å². The van der Waals surface area contributed by atoms with E-state index in [9.17, 15) is 9.50 Å². The van der Waals surface area contributed by atoms with Crippen LogP contribution in [0.2, 0.25) is 0 Å². The molecule has 1 aromatic heterocycles. The molecule has 5 heteroatoms. The van der Waals surface area contributed by atoms with Crippen LogP contribution < -0.4 is 4.90 Å². The van der Waals surface area contributed by atoms with E-state index in [-0.39, 0.29) is 5.82 Å². The third kappa shape index (κ3) is 7.94. The van der Waals surface area contributed by atoms with Crippen LogP contribution in [-0.2, 0) is 24.4 Å². The molecule has 0 saturated heterocycles. The zero-order chi connectivity index (χ0) is 22.1. The summed E-state index contributed by atoms with van der Waals surface area (Å²) in [6.07, 6.45) is 1.51. The minimum Gasteiger partial charge on any atom is -0.385 e. The third-order valence-corrected chi connectivity index (χ3v) is 5.24. The predicted octanol–water partition coefficient (Wildman–Crippen LogP) is 3.29. The van der Waals surface area contributed by atoms with Crippen molar-refractivity contribution >= 4 is 0 Å². The van der Waals surface area contributed by atoms with Crippen LogP contribution in [0.25, 0.3) is 0 Å². The lowest BCUT2D eigenvalue weighted by Gasteiger charge is -2.24. The molecule has 0 radical (unpaired) electrons. The first-order valence-electron chi connectivity index (χ1n) is 11.0. The molecule has 1 heterocycles. The highest BCUT2D eigenvalue weighted by molar-refractivity contribution is 5.18. The number of aliphatic hydroxyl groups excluding tert-OH is 1. The van der Waals surface area contributed by atoms with Gasteiger partial charge in [-0.2, -0.15) is 0 Å². The van der Waals surface area contributed by atoms with Crippen molar-refractivity contribution in [2.24, 2.45) is 5.92 Å². The standard InChI is InChI=1S/C26H33FN2O2/c1-21(2)15-28(18-26(30)20-31-19-22-8-4-3-5-9-22)17-25-12-7-13-29(25)16-23-10-6-11-24(27)14-23/h3-14,21,26,30H,15-20H2,1-2H3/p+1/t26-/m1/s1. The Morgan fingerprint density at radius 2 is 1.74 bits per heavy atom. The van der Waals surface area contributed by atoms with E-state index in [0.29, 0.717) is 32.2 Å². The number of halogens is 1. The van der Waals surface area contributed by atoms with Crippen molar-refractivity contribution in [2.75, 3.05) is 19.7 Å². The molecule has 0 amide bonds. The van der Waals surface area contributed by atoms with Crippen molar-refractivity contribution < 1.29 is 19.1 Å². The van der Waals surface area contributed by atoms with E-state index in [1.807, 2.05) is 48.7 Å². The molecule has 3 rings (SSSR count). The second-order valence-corrected chi connectivity index (χ2v) is 8.64. The van der Waals surface area contributed by atoms with Crippen LogP contribution in [0.5, 0.6) is 0 Å². The summed E-state index contributed by atoms with van der Waals surface area (Å²) in [5.41, 5.74) is 3.23. The monoisotopic (exact) mass is 425 g/mol. The maximum atomic E-state index is 13.6. The molecular formula is C26H34FN2O2+. The number of quaternary nitrogens is 1. The molecule has 0 bridgehead atoms. The Hall–Kier alpha value is -2.47. The predicted molar refractivity (Wildman–Crippen MR) is 121 cm³/mol. The normalized spacial score (nSPS) is 13.5. The van der Waals surface area contributed by atoms with E-state index in [1.54, 1.807) is 12.1 Å². The maximum absolute atomic E-state index is 13.6. The molecule has 166 valence electrons. The van der Waals surface area contributed by atoms with Gasteiger partial charge in [-0.25, -0.2) is 4.39 Å². The number of ether oxygens (including phenoxy) is 1. The fraction of sp³-hybridized carbons (Fsp3) is 0.385. The molecule has 0 aliphatic rings. The first kappa shape index (κ1) is 23.2. The minimum absolute atomic E-state index is 0.211. The molecule has 1 unspecified atom stereocenters. The van der Waals surface area contributed by atoms with E-state index < -0.39 is 6.10 Å². The molecule has 0 aliphatic carbocycles. The first-order valence-corrected chi connectivity index (χ1v) is 11.0. The highest BCUT2D eigenvalue weighted by Crippen LogP contribution is 2.09. The SMILES string of the molecule is CC(C)C[NH+](Cc1cccn1Cc1cccc(F)c1)C[C@@H](O)COCc1ccccc1. The maximum Gasteiger partial charge on any atom is 0.126 e. The van der Waals surface area contributed by atoms with Gasteiger partial charge < -0.3 is 19.3 Å². The number of aromatic nitrogens is 1. The largest absolute Gasteiger partial charge is 0.385 e. The van der Waals surface area contributed by atoms with Crippen LogP contribution in [0.15, 0.2) is 72.9 Å². The fourth-order valence-corrected chi connectivity index (χ4v) is 3.94. The van der Waals surface area contributed by atoms with E-state index in [4.69, 9.17) is 4.74 Å². The van der Waals surface area contributed by atoms with Crippen molar-refractivity contribution in [3.05, 3.63) is 95.6 Å². The summed E-state index contributed by atoms with van der Waals surface area (Å²) in [6.45, 7) is 8.25. The number of benzene rings is 2. The van der Waals surface area contributed by atoms with Crippen molar-refractivity contribution in [3.63, 3.8) is 0 Å². The smallest absolute Gasteiger partial charge is 0.126 e. The summed E-state index contributed by atoms with van der Waals surface area (Å²) < 4.78 is 21.4. The van der Waals surface area contributed by atoms with Gasteiger partial charge in [0.25, 0.3) is 0 Å². The van der Waals surface area contributed by atoms with Gasteiger partial charge in [0.15, 0.2) is 0 Å². The lowest BCUT2D eigenvalue weighted by atomic mass is 10.2. The van der Waals surface area contributed by atoms with Crippen molar-refractivity contribution in [1.82, 2.24) is 4.57 Å². The molecule has 4 nitrogen and oxygen atoms in total. The Bertz CT molecular complexity index is 911. The fourth-order valence-electron chi connectivity index (χ4n) is 3.94. The average Bonchev–Trinajstić information content (AvgIpc) is 3.14. The zero-order valence-corrected chi connectivity index (χ0v) is 18.5. The number of rotatable bonds is 12. The van der Waals surface area contributed by atoms with Gasteiger partial charge in [-0.15, -0.1) is 0 Å². The van der Waals surface area contributed by atoms with Gasteiger partial charge in [0.1, 0.15) is 25.0 Å². The first-order chi connectivity index (χ1) is 15.0. The summed E-state index contributed by atoms with van der Waals surface area (Å²) >= 11 is 0.